The van der Waals surface area contributed by atoms with Crippen LogP contribution in [0.1, 0.15) is 0 Å². The number of methoxy groups -OCH3 is 3. The summed E-state index contributed by atoms with van der Waals surface area (Å²) in [6.45, 7) is 0. The van der Waals surface area contributed by atoms with Gasteiger partial charge in [0.1, 0.15) is 11.4 Å². The number of anilines is 1. The van der Waals surface area contributed by atoms with Gasteiger partial charge in [-0.05, 0) is 46.9 Å². The van der Waals surface area contributed by atoms with Crippen molar-refractivity contribution in [3.63, 3.8) is 0 Å². The Morgan fingerprint density at radius 1 is 1.04 bits per heavy atom. The van der Waals surface area contributed by atoms with E-state index in [0.717, 1.165) is 3.57 Å². The van der Waals surface area contributed by atoms with Gasteiger partial charge >= 0.3 is 11.9 Å². The second-order valence-electron chi connectivity index (χ2n) is 4.63. The molecule has 0 saturated carbocycles. The Hall–Kier alpha value is -2.29. The van der Waals surface area contributed by atoms with Crippen molar-refractivity contribution in [2.45, 2.75) is 0 Å². The van der Waals surface area contributed by atoms with E-state index >= 15 is 0 Å². The molecule has 126 valence electrons. The van der Waals surface area contributed by atoms with E-state index in [1.807, 2.05) is 12.1 Å². The summed E-state index contributed by atoms with van der Waals surface area (Å²) < 4.78 is 15.9. The van der Waals surface area contributed by atoms with E-state index in [-0.39, 0.29) is 11.3 Å². The molecule has 0 spiro atoms. The third-order valence-corrected chi connectivity index (χ3v) is 4.19. The maximum Gasteiger partial charge on any atom is 0.355 e. The highest BCUT2D eigenvalue weighted by atomic mass is 127. The maximum absolute atomic E-state index is 12.3. The summed E-state index contributed by atoms with van der Waals surface area (Å²) in [4.78, 5) is 26.0. The largest absolute Gasteiger partial charge is 0.496 e. The van der Waals surface area contributed by atoms with E-state index in [1.54, 1.807) is 36.4 Å². The molecule has 2 rings (SSSR count). The number of ether oxygens (including phenoxy) is 3. The number of esters is 2. The summed E-state index contributed by atoms with van der Waals surface area (Å²) in [7, 11) is 4.09. The Morgan fingerprint density at radius 2 is 1.75 bits per heavy atom. The van der Waals surface area contributed by atoms with Gasteiger partial charge in [-0.1, -0.05) is 6.08 Å². The summed E-state index contributed by atoms with van der Waals surface area (Å²) in [5.74, 6) is -0.621. The van der Waals surface area contributed by atoms with Crippen molar-refractivity contribution in [3.8, 4) is 5.75 Å². The van der Waals surface area contributed by atoms with Crippen LogP contribution in [0.5, 0.6) is 5.75 Å². The monoisotopic (exact) mass is 441 g/mol. The lowest BCUT2D eigenvalue weighted by molar-refractivity contribution is -0.139. The number of benzene rings is 1. The number of hydrogen-bond acceptors (Lipinski definition) is 6. The van der Waals surface area contributed by atoms with E-state index in [9.17, 15) is 9.59 Å². The third-order valence-electron chi connectivity index (χ3n) is 3.30. The zero-order chi connectivity index (χ0) is 17.7. The van der Waals surface area contributed by atoms with Crippen molar-refractivity contribution in [1.29, 1.82) is 0 Å². The fourth-order valence-corrected chi connectivity index (χ4v) is 2.72. The fourth-order valence-electron chi connectivity index (χ4n) is 2.16. The first kappa shape index (κ1) is 18.1. The zero-order valence-electron chi connectivity index (χ0n) is 13.4. The number of carbonyl (C=O) groups excluding carboxylic acids is 2. The van der Waals surface area contributed by atoms with E-state index in [0.29, 0.717) is 11.4 Å². The van der Waals surface area contributed by atoms with Crippen molar-refractivity contribution in [2.24, 2.45) is 0 Å². The first-order valence-corrected chi connectivity index (χ1v) is 8.00. The minimum atomic E-state index is -0.649. The normalized spacial score (nSPS) is 13.6. The fraction of sp³-hybridized carbons (Fsp3) is 0.176. The van der Waals surface area contributed by atoms with Gasteiger partial charge in [0.05, 0.1) is 30.5 Å². The van der Waals surface area contributed by atoms with Crippen LogP contribution in [0.25, 0.3) is 0 Å². The molecular formula is C17H16INO5. The lowest BCUT2D eigenvalue weighted by Crippen LogP contribution is -2.27. The zero-order valence-corrected chi connectivity index (χ0v) is 15.6. The lowest BCUT2D eigenvalue weighted by atomic mass is 10.1. The highest BCUT2D eigenvalue weighted by molar-refractivity contribution is 14.1. The first-order chi connectivity index (χ1) is 11.5. The van der Waals surface area contributed by atoms with Gasteiger partial charge in [-0.15, -0.1) is 0 Å². The molecule has 0 aliphatic carbocycles. The molecule has 0 saturated heterocycles. The van der Waals surface area contributed by atoms with Crippen LogP contribution in [0.15, 0.2) is 53.9 Å². The van der Waals surface area contributed by atoms with Crippen LogP contribution in [-0.4, -0.2) is 33.3 Å². The van der Waals surface area contributed by atoms with Crippen LogP contribution in [0, 0.1) is 3.57 Å². The van der Waals surface area contributed by atoms with Gasteiger partial charge in [0.2, 0.25) is 0 Å². The van der Waals surface area contributed by atoms with Crippen LogP contribution >= 0.6 is 22.6 Å². The van der Waals surface area contributed by atoms with Crippen LogP contribution in [0.3, 0.4) is 0 Å². The molecule has 6 nitrogen and oxygen atoms in total. The van der Waals surface area contributed by atoms with Crippen LogP contribution in [0.4, 0.5) is 5.69 Å². The second kappa shape index (κ2) is 8.00. The quantitative estimate of drug-likeness (QED) is 0.529. The van der Waals surface area contributed by atoms with E-state index < -0.39 is 11.9 Å². The van der Waals surface area contributed by atoms with Crippen molar-refractivity contribution < 1.29 is 23.8 Å². The molecule has 1 heterocycles. The second-order valence-corrected chi connectivity index (χ2v) is 5.80. The number of carbonyl (C=O) groups is 2. The average molecular weight is 441 g/mol. The summed E-state index contributed by atoms with van der Waals surface area (Å²) in [5, 5.41) is 0. The number of hydrogen-bond donors (Lipinski definition) is 0. The number of nitrogens with zero attached hydrogens (tertiary/aromatic N) is 1. The van der Waals surface area contributed by atoms with Crippen LogP contribution in [0.2, 0.25) is 0 Å². The number of allylic oxidation sites excluding steroid dienone is 2. The van der Waals surface area contributed by atoms with Gasteiger partial charge < -0.3 is 19.1 Å². The predicted molar refractivity (Wildman–Crippen MR) is 97.5 cm³/mol. The third kappa shape index (κ3) is 3.61. The lowest BCUT2D eigenvalue weighted by Gasteiger charge is -2.23. The molecule has 0 N–H and O–H groups in total. The van der Waals surface area contributed by atoms with Crippen molar-refractivity contribution >= 4 is 40.2 Å². The topological polar surface area (TPSA) is 65.1 Å². The number of halogens is 1. The molecule has 0 atom stereocenters. The molecule has 0 amide bonds. The average Bonchev–Trinajstić information content (AvgIpc) is 2.83. The van der Waals surface area contributed by atoms with Crippen molar-refractivity contribution in [2.75, 3.05) is 26.2 Å². The molecule has 1 aliphatic rings. The molecule has 0 fully saturated rings. The van der Waals surface area contributed by atoms with E-state index in [4.69, 9.17) is 14.2 Å². The molecule has 1 aromatic carbocycles. The Kier molecular flexibility index (Phi) is 6.02. The Labute approximate surface area is 153 Å². The molecule has 24 heavy (non-hydrogen) atoms. The molecule has 1 aromatic rings. The minimum absolute atomic E-state index is 0.0672. The SMILES string of the molecule is COC(=O)C1=C(C(=O)OC)N(c2ccc(I)c(OC)c2)C=CC=C1. The Bertz CT molecular complexity index is 751. The van der Waals surface area contributed by atoms with Gasteiger partial charge in [0.25, 0.3) is 0 Å². The Morgan fingerprint density at radius 3 is 2.38 bits per heavy atom. The highest BCUT2D eigenvalue weighted by Crippen LogP contribution is 2.31. The molecular weight excluding hydrogens is 425 g/mol. The maximum atomic E-state index is 12.3. The first-order valence-electron chi connectivity index (χ1n) is 6.92. The summed E-state index contributed by atoms with van der Waals surface area (Å²) >= 11 is 2.15. The van der Waals surface area contributed by atoms with E-state index in [1.165, 1.54) is 20.3 Å². The predicted octanol–water partition coefficient (Wildman–Crippen LogP) is 2.79. The Balaban J connectivity index is 2.65. The van der Waals surface area contributed by atoms with Crippen LogP contribution < -0.4 is 9.64 Å². The molecule has 7 heteroatoms. The van der Waals surface area contributed by atoms with Gasteiger partial charge in [0.15, 0.2) is 0 Å². The molecule has 0 unspecified atom stereocenters. The van der Waals surface area contributed by atoms with Gasteiger partial charge in [-0.2, -0.15) is 0 Å². The summed E-state index contributed by atoms with van der Waals surface area (Å²) in [6, 6.07) is 5.45. The molecule has 0 bridgehead atoms. The minimum Gasteiger partial charge on any atom is -0.496 e. The standard InChI is InChI=1S/C17H16INO5/c1-22-14-10-11(7-8-13(14)18)19-9-5-4-6-12(16(20)23-2)15(19)17(21)24-3/h4-10H,1-3H3. The number of rotatable bonds is 4. The summed E-state index contributed by atoms with van der Waals surface area (Å²) in [6.07, 6.45) is 6.54. The van der Waals surface area contributed by atoms with Gasteiger partial charge in [-0.25, -0.2) is 9.59 Å². The van der Waals surface area contributed by atoms with Crippen molar-refractivity contribution in [1.82, 2.24) is 0 Å². The van der Waals surface area contributed by atoms with Crippen molar-refractivity contribution in [3.05, 3.63) is 57.5 Å². The van der Waals surface area contributed by atoms with Gasteiger partial charge in [-0.3, -0.25) is 0 Å². The smallest absolute Gasteiger partial charge is 0.355 e. The highest BCUT2D eigenvalue weighted by Gasteiger charge is 2.27. The molecule has 1 aliphatic heterocycles. The molecule has 0 radical (unpaired) electrons. The molecule has 0 aromatic heterocycles. The van der Waals surface area contributed by atoms with E-state index in [2.05, 4.69) is 22.6 Å². The van der Waals surface area contributed by atoms with Crippen LogP contribution in [-0.2, 0) is 19.1 Å². The van der Waals surface area contributed by atoms with Gasteiger partial charge in [0, 0.05) is 18.0 Å². The summed E-state index contributed by atoms with van der Waals surface area (Å²) in [5.41, 5.74) is 0.818.